The van der Waals surface area contributed by atoms with Crippen LogP contribution in [-0.4, -0.2) is 28.2 Å². The third kappa shape index (κ3) is 4.01. The quantitative estimate of drug-likeness (QED) is 0.451. The highest BCUT2D eigenvalue weighted by Crippen LogP contribution is 1.85. The molecule has 4 heteroatoms. The second-order valence-electron chi connectivity index (χ2n) is 1.72. The normalized spacial score (nSPS) is 14.6. The first kappa shape index (κ1) is 7.84. The third-order valence-electron chi connectivity index (χ3n) is 0.922. The number of hydrogen-bond acceptors (Lipinski definition) is 4. The van der Waals surface area contributed by atoms with E-state index < -0.39 is 0 Å². The zero-order chi connectivity index (χ0) is 6.57. The van der Waals surface area contributed by atoms with E-state index in [1.807, 2.05) is 6.92 Å². The molecule has 0 aliphatic heterocycles. The van der Waals surface area contributed by atoms with Gasteiger partial charge in [0.2, 0.25) is 0 Å². The van der Waals surface area contributed by atoms with Crippen LogP contribution in [-0.2, 0) is 0 Å². The Labute approximate surface area is 48.4 Å². The molecule has 0 saturated carbocycles. The van der Waals surface area contributed by atoms with Crippen LogP contribution in [0.2, 0.25) is 0 Å². The molecule has 50 valence electrons. The lowest BCUT2D eigenvalue weighted by Gasteiger charge is -2.10. The second-order valence-corrected chi connectivity index (χ2v) is 1.72. The van der Waals surface area contributed by atoms with Crippen LogP contribution in [0.4, 0.5) is 0 Å². The monoisotopic (exact) mass is 120 g/mol. The Bertz CT molecular complexity index is 58.0. The Kier molecular flexibility index (Phi) is 3.72. The number of nitrogens with two attached hydrogens (primary N) is 1. The van der Waals surface area contributed by atoms with E-state index >= 15 is 0 Å². The van der Waals surface area contributed by atoms with Crippen LogP contribution >= 0.6 is 0 Å². The van der Waals surface area contributed by atoms with Gasteiger partial charge in [-0.1, -0.05) is 12.2 Å². The highest BCUT2D eigenvalue weighted by Gasteiger charge is 2.01. The van der Waals surface area contributed by atoms with Crippen molar-refractivity contribution >= 4 is 0 Å². The van der Waals surface area contributed by atoms with Crippen LogP contribution in [0.1, 0.15) is 13.3 Å². The molecule has 0 aromatic carbocycles. The van der Waals surface area contributed by atoms with Gasteiger partial charge < -0.3 is 5.73 Å². The molecule has 0 heterocycles. The van der Waals surface area contributed by atoms with E-state index in [9.17, 15) is 0 Å². The van der Waals surface area contributed by atoms with Crippen LogP contribution in [0.5, 0.6) is 0 Å². The van der Waals surface area contributed by atoms with Gasteiger partial charge in [-0.3, -0.25) is 10.4 Å². The lowest BCUT2D eigenvalue weighted by Crippen LogP contribution is -2.32. The lowest BCUT2D eigenvalue weighted by atomic mass is 10.2. The third-order valence-corrected chi connectivity index (χ3v) is 0.922. The molecule has 8 heavy (non-hydrogen) atoms. The maximum Gasteiger partial charge on any atom is 0.0664 e. The molecule has 0 aliphatic carbocycles. The number of nitrogens with zero attached hydrogens (tertiary/aromatic N) is 1. The molecule has 1 unspecified atom stereocenters. The topological polar surface area (TPSA) is 69.7 Å². The van der Waals surface area contributed by atoms with Crippen molar-refractivity contribution in [2.75, 3.05) is 6.54 Å². The fourth-order valence-electron chi connectivity index (χ4n) is 0.339. The van der Waals surface area contributed by atoms with E-state index in [1.54, 1.807) is 0 Å². The van der Waals surface area contributed by atoms with Gasteiger partial charge in [0.1, 0.15) is 0 Å². The lowest BCUT2D eigenvalue weighted by molar-refractivity contribution is -0.308. The van der Waals surface area contributed by atoms with Gasteiger partial charge >= 0.3 is 0 Å². The van der Waals surface area contributed by atoms with Crippen LogP contribution in [0, 0.1) is 0 Å². The van der Waals surface area contributed by atoms with E-state index in [1.165, 1.54) is 0 Å². The van der Waals surface area contributed by atoms with Gasteiger partial charge in [0.15, 0.2) is 0 Å². The van der Waals surface area contributed by atoms with Crippen molar-refractivity contribution in [1.82, 2.24) is 5.23 Å². The Morgan fingerprint density at radius 1 is 1.62 bits per heavy atom. The number of hydrogen-bond donors (Lipinski definition) is 3. The maximum absolute atomic E-state index is 8.16. The van der Waals surface area contributed by atoms with E-state index in [2.05, 4.69) is 0 Å². The summed E-state index contributed by atoms with van der Waals surface area (Å²) < 4.78 is 0. The van der Waals surface area contributed by atoms with Gasteiger partial charge in [-0.25, -0.2) is 0 Å². The first-order chi connectivity index (χ1) is 3.66. The van der Waals surface area contributed by atoms with Crippen molar-refractivity contribution in [3.63, 3.8) is 0 Å². The van der Waals surface area contributed by atoms with Crippen molar-refractivity contribution in [1.29, 1.82) is 0 Å². The van der Waals surface area contributed by atoms with Crippen molar-refractivity contribution in [3.8, 4) is 0 Å². The Morgan fingerprint density at radius 3 is 2.25 bits per heavy atom. The van der Waals surface area contributed by atoms with Gasteiger partial charge in [0.25, 0.3) is 0 Å². The summed E-state index contributed by atoms with van der Waals surface area (Å²) in [5.41, 5.74) is 5.31. The molecular formula is C4H12N2O2. The van der Waals surface area contributed by atoms with Crippen LogP contribution in [0.25, 0.3) is 0 Å². The van der Waals surface area contributed by atoms with E-state index in [4.69, 9.17) is 16.1 Å². The van der Waals surface area contributed by atoms with Gasteiger partial charge in [0, 0.05) is 6.04 Å². The summed E-state index contributed by atoms with van der Waals surface area (Å²) in [6.07, 6.45) is 0.748. The van der Waals surface area contributed by atoms with Gasteiger partial charge in [-0.05, 0) is 6.42 Å². The molecule has 4 N–H and O–H groups in total. The smallest absolute Gasteiger partial charge is 0.0664 e. The molecule has 0 spiro atoms. The molecule has 0 amide bonds. The number of rotatable bonds is 3. The van der Waals surface area contributed by atoms with Gasteiger partial charge in [-0.2, -0.15) is 0 Å². The Hall–Kier alpha value is -0.160. The van der Waals surface area contributed by atoms with Crippen LogP contribution < -0.4 is 5.73 Å². The van der Waals surface area contributed by atoms with Gasteiger partial charge in [-0.15, -0.1) is 0 Å². The van der Waals surface area contributed by atoms with E-state index in [0.29, 0.717) is 0 Å². The molecular weight excluding hydrogens is 108 g/mol. The summed E-state index contributed by atoms with van der Waals surface area (Å²) in [6.45, 7) is 1.99. The van der Waals surface area contributed by atoms with Crippen LogP contribution in [0.15, 0.2) is 0 Å². The summed E-state index contributed by atoms with van der Waals surface area (Å²) in [5, 5.41) is 16.4. The molecule has 0 aromatic rings. The fraction of sp³-hybridized carbons (Fsp3) is 1.00. The molecule has 1 atom stereocenters. The molecule has 0 aliphatic rings. The minimum absolute atomic E-state index is 0.105. The highest BCUT2D eigenvalue weighted by molar-refractivity contribution is 4.56. The Balaban J connectivity index is 3.10. The molecule has 0 aromatic heterocycles. The standard InChI is InChI=1S/C4H12N2O2/c1-2-4(5)3-6(7)8/h4,7-8H,2-3,5H2,1H3. The van der Waals surface area contributed by atoms with Gasteiger partial charge in [0.05, 0.1) is 6.54 Å². The van der Waals surface area contributed by atoms with Crippen molar-refractivity contribution < 1.29 is 10.4 Å². The number of hydroxylamine groups is 2. The van der Waals surface area contributed by atoms with Crippen molar-refractivity contribution in [2.24, 2.45) is 5.73 Å². The largest absolute Gasteiger partial charge is 0.326 e. The first-order valence-corrected chi connectivity index (χ1v) is 2.57. The minimum Gasteiger partial charge on any atom is -0.326 e. The molecule has 0 bridgehead atoms. The predicted molar refractivity (Wildman–Crippen MR) is 28.5 cm³/mol. The van der Waals surface area contributed by atoms with Crippen LogP contribution in [0.3, 0.4) is 0 Å². The average molecular weight is 120 g/mol. The second kappa shape index (κ2) is 3.80. The van der Waals surface area contributed by atoms with E-state index in [0.717, 1.165) is 6.42 Å². The predicted octanol–water partition coefficient (Wildman–Crippen LogP) is -0.196. The first-order valence-electron chi connectivity index (χ1n) is 2.57. The summed E-state index contributed by atoms with van der Waals surface area (Å²) in [7, 11) is 0. The Morgan fingerprint density at radius 2 is 2.12 bits per heavy atom. The van der Waals surface area contributed by atoms with E-state index in [-0.39, 0.29) is 17.8 Å². The average Bonchev–Trinajstić information content (AvgIpc) is 1.65. The molecule has 0 rings (SSSR count). The molecule has 0 radical (unpaired) electrons. The van der Waals surface area contributed by atoms with Crippen molar-refractivity contribution in [2.45, 2.75) is 19.4 Å². The maximum atomic E-state index is 8.16. The summed E-state index contributed by atoms with van der Waals surface area (Å²) in [5.74, 6) is 0. The summed E-state index contributed by atoms with van der Waals surface area (Å²) in [6, 6.07) is -0.148. The highest BCUT2D eigenvalue weighted by atomic mass is 16.8. The molecule has 0 saturated heterocycles. The zero-order valence-electron chi connectivity index (χ0n) is 4.91. The summed E-state index contributed by atoms with van der Waals surface area (Å²) >= 11 is 0. The SMILES string of the molecule is CCC(N)CN(O)O. The van der Waals surface area contributed by atoms with Crippen molar-refractivity contribution in [3.05, 3.63) is 0 Å². The minimum atomic E-state index is -0.148. The molecule has 4 nitrogen and oxygen atoms in total. The molecule has 0 fully saturated rings. The zero-order valence-corrected chi connectivity index (χ0v) is 4.91. The summed E-state index contributed by atoms with van der Waals surface area (Å²) in [4.78, 5) is 0. The fourth-order valence-corrected chi connectivity index (χ4v) is 0.339.